The van der Waals surface area contributed by atoms with Crippen molar-refractivity contribution in [3.63, 3.8) is 0 Å². The molecule has 1 fully saturated rings. The Hall–Kier alpha value is -2.95. The smallest absolute Gasteiger partial charge is 0.324 e. The maximum absolute atomic E-state index is 12.7. The Bertz CT molecular complexity index is 791. The summed E-state index contributed by atoms with van der Waals surface area (Å²) in [6.45, 7) is 3.01. The Morgan fingerprint density at radius 3 is 1.96 bits per heavy atom. The predicted molar refractivity (Wildman–Crippen MR) is 94.3 cm³/mol. The van der Waals surface area contributed by atoms with Gasteiger partial charge in [0.1, 0.15) is 0 Å². The van der Waals surface area contributed by atoms with E-state index in [1.165, 1.54) is 13.8 Å². The van der Waals surface area contributed by atoms with Gasteiger partial charge in [-0.05, 0) is 5.56 Å². The molecule has 0 N–H and O–H groups in total. The van der Waals surface area contributed by atoms with Gasteiger partial charge in [0.05, 0.1) is 0 Å². The van der Waals surface area contributed by atoms with Crippen molar-refractivity contribution in [2.24, 2.45) is 5.92 Å². The van der Waals surface area contributed by atoms with E-state index in [0.717, 1.165) is 5.56 Å². The Kier molecular flexibility index (Phi) is 4.89. The Morgan fingerprint density at radius 2 is 1.42 bits per heavy atom. The first kappa shape index (κ1) is 17.9. The summed E-state index contributed by atoms with van der Waals surface area (Å²) < 4.78 is 10.5. The molecule has 0 saturated carbocycles. The van der Waals surface area contributed by atoms with E-state index in [9.17, 15) is 14.4 Å². The van der Waals surface area contributed by atoms with E-state index in [1.807, 2.05) is 12.1 Å². The number of esters is 2. The van der Waals surface area contributed by atoms with Crippen LogP contribution in [0.2, 0.25) is 0 Å². The molecule has 1 aliphatic rings. The molecule has 1 heterocycles. The van der Waals surface area contributed by atoms with Gasteiger partial charge in [0.25, 0.3) is 5.79 Å². The van der Waals surface area contributed by atoms with Crippen LogP contribution in [-0.4, -0.2) is 23.5 Å². The van der Waals surface area contributed by atoms with Crippen molar-refractivity contribution in [1.82, 2.24) is 0 Å². The van der Waals surface area contributed by atoms with Crippen molar-refractivity contribution in [3.8, 4) is 0 Å². The van der Waals surface area contributed by atoms with Gasteiger partial charge in [-0.2, -0.15) is 0 Å². The molecule has 1 aliphatic heterocycles. The second-order valence-electron chi connectivity index (χ2n) is 6.73. The SMILES string of the molecule is CC1(C)OC(=O)C([C@H](CC(=O)c2ccccc2)c2ccccc2)C(=O)O1. The van der Waals surface area contributed by atoms with Gasteiger partial charge >= 0.3 is 11.9 Å². The minimum Gasteiger partial charge on any atom is -0.422 e. The number of benzene rings is 2. The summed E-state index contributed by atoms with van der Waals surface area (Å²) in [6, 6.07) is 17.8. The number of carbonyl (C=O) groups is 3. The van der Waals surface area contributed by atoms with Crippen LogP contribution < -0.4 is 0 Å². The standard InChI is InChI=1S/C21H20O5/c1-21(2)25-19(23)18(20(24)26-21)16(14-9-5-3-6-10-14)13-17(22)15-11-7-4-8-12-15/h3-12,16,18H,13H2,1-2H3/t16-/m1/s1. The van der Waals surface area contributed by atoms with Crippen LogP contribution in [0.4, 0.5) is 0 Å². The fraction of sp³-hybridized carbons (Fsp3) is 0.286. The van der Waals surface area contributed by atoms with Gasteiger partial charge < -0.3 is 9.47 Å². The van der Waals surface area contributed by atoms with Gasteiger partial charge in [-0.25, -0.2) is 0 Å². The molecule has 1 atom stereocenters. The first-order valence-electron chi connectivity index (χ1n) is 8.46. The second kappa shape index (κ2) is 7.12. The molecule has 0 spiro atoms. The Morgan fingerprint density at radius 1 is 0.923 bits per heavy atom. The molecule has 5 nitrogen and oxygen atoms in total. The van der Waals surface area contributed by atoms with E-state index >= 15 is 0 Å². The number of rotatable bonds is 5. The number of hydrogen-bond acceptors (Lipinski definition) is 5. The molecule has 3 rings (SSSR count). The van der Waals surface area contributed by atoms with Crippen LogP contribution in [0.1, 0.15) is 42.1 Å². The van der Waals surface area contributed by atoms with Crippen LogP contribution in [-0.2, 0) is 19.1 Å². The maximum Gasteiger partial charge on any atom is 0.324 e. The first-order valence-corrected chi connectivity index (χ1v) is 8.46. The van der Waals surface area contributed by atoms with Crippen molar-refractivity contribution in [2.75, 3.05) is 0 Å². The van der Waals surface area contributed by atoms with Crippen molar-refractivity contribution in [3.05, 3.63) is 71.8 Å². The summed E-state index contributed by atoms with van der Waals surface area (Å²) in [5.74, 6) is -4.60. The van der Waals surface area contributed by atoms with Crippen LogP contribution in [0, 0.1) is 5.92 Å². The van der Waals surface area contributed by atoms with Crippen LogP contribution in [0.3, 0.4) is 0 Å². The lowest BCUT2D eigenvalue weighted by Crippen LogP contribution is -2.48. The van der Waals surface area contributed by atoms with Crippen molar-refractivity contribution >= 4 is 17.7 Å². The third kappa shape index (κ3) is 3.82. The number of cyclic esters (lactones) is 2. The van der Waals surface area contributed by atoms with Crippen molar-refractivity contribution in [1.29, 1.82) is 0 Å². The van der Waals surface area contributed by atoms with E-state index in [4.69, 9.17) is 9.47 Å². The third-order valence-electron chi connectivity index (χ3n) is 4.33. The summed E-state index contributed by atoms with van der Waals surface area (Å²) in [5.41, 5.74) is 1.25. The summed E-state index contributed by atoms with van der Waals surface area (Å²) in [5, 5.41) is 0. The first-order chi connectivity index (χ1) is 12.4. The van der Waals surface area contributed by atoms with Gasteiger partial charge in [-0.1, -0.05) is 60.7 Å². The Labute approximate surface area is 151 Å². The minimum absolute atomic E-state index is 0.00330. The zero-order chi connectivity index (χ0) is 18.7. The number of hydrogen-bond donors (Lipinski definition) is 0. The molecular weight excluding hydrogens is 332 g/mol. The highest BCUT2D eigenvalue weighted by Gasteiger charge is 2.48. The summed E-state index contributed by atoms with van der Waals surface area (Å²) in [7, 11) is 0. The molecule has 0 amide bonds. The molecule has 0 unspecified atom stereocenters. The maximum atomic E-state index is 12.7. The van der Waals surface area contributed by atoms with Crippen LogP contribution >= 0.6 is 0 Å². The summed E-state index contributed by atoms with van der Waals surface area (Å²) in [4.78, 5) is 37.7. The van der Waals surface area contributed by atoms with E-state index in [1.54, 1.807) is 48.5 Å². The molecule has 134 valence electrons. The molecule has 2 aromatic carbocycles. The largest absolute Gasteiger partial charge is 0.422 e. The van der Waals surface area contributed by atoms with Gasteiger partial charge in [0.2, 0.25) is 0 Å². The average Bonchev–Trinajstić information content (AvgIpc) is 2.60. The molecule has 5 heteroatoms. The highest BCUT2D eigenvalue weighted by atomic mass is 16.7. The monoisotopic (exact) mass is 352 g/mol. The molecule has 0 aliphatic carbocycles. The van der Waals surface area contributed by atoms with Crippen molar-refractivity contribution in [2.45, 2.75) is 32.0 Å². The van der Waals surface area contributed by atoms with Gasteiger partial charge in [0.15, 0.2) is 11.7 Å². The van der Waals surface area contributed by atoms with E-state index in [2.05, 4.69) is 0 Å². The van der Waals surface area contributed by atoms with Gasteiger partial charge in [0, 0.05) is 31.7 Å². The highest BCUT2D eigenvalue weighted by Crippen LogP contribution is 2.36. The fourth-order valence-corrected chi connectivity index (χ4v) is 3.13. The molecule has 0 aromatic heterocycles. The normalized spacial score (nSPS) is 17.9. The van der Waals surface area contributed by atoms with E-state index < -0.39 is 29.6 Å². The third-order valence-corrected chi connectivity index (χ3v) is 4.33. The predicted octanol–water partition coefficient (Wildman–Crippen LogP) is 3.50. The molecule has 2 aromatic rings. The lowest BCUT2D eigenvalue weighted by atomic mass is 9.81. The topological polar surface area (TPSA) is 69.7 Å². The number of ether oxygens (including phenoxy) is 2. The average molecular weight is 352 g/mol. The zero-order valence-electron chi connectivity index (χ0n) is 14.7. The minimum atomic E-state index is -1.30. The molecule has 26 heavy (non-hydrogen) atoms. The van der Waals surface area contributed by atoms with Crippen LogP contribution in [0.15, 0.2) is 60.7 Å². The zero-order valence-corrected chi connectivity index (χ0v) is 14.7. The van der Waals surface area contributed by atoms with Crippen LogP contribution in [0.25, 0.3) is 0 Å². The van der Waals surface area contributed by atoms with Gasteiger partial charge in [-0.3, -0.25) is 14.4 Å². The number of ketones is 1. The lowest BCUT2D eigenvalue weighted by molar-refractivity contribution is -0.241. The molecule has 0 radical (unpaired) electrons. The summed E-state index contributed by atoms with van der Waals surface area (Å²) in [6.07, 6.45) is 0.00330. The quantitative estimate of drug-likeness (QED) is 0.468. The van der Waals surface area contributed by atoms with E-state index in [0.29, 0.717) is 5.56 Å². The highest BCUT2D eigenvalue weighted by molar-refractivity contribution is 6.01. The van der Waals surface area contributed by atoms with E-state index in [-0.39, 0.29) is 12.2 Å². The second-order valence-corrected chi connectivity index (χ2v) is 6.73. The van der Waals surface area contributed by atoms with Crippen molar-refractivity contribution < 1.29 is 23.9 Å². The van der Waals surface area contributed by atoms with Gasteiger partial charge in [-0.15, -0.1) is 0 Å². The number of Topliss-reactive ketones (excluding diaryl/α,β-unsaturated/α-hetero) is 1. The Balaban J connectivity index is 1.93. The molecule has 0 bridgehead atoms. The molecule has 1 saturated heterocycles. The number of carbonyl (C=O) groups excluding carboxylic acids is 3. The lowest BCUT2D eigenvalue weighted by Gasteiger charge is -2.35. The fourth-order valence-electron chi connectivity index (χ4n) is 3.13. The summed E-state index contributed by atoms with van der Waals surface area (Å²) >= 11 is 0. The molecular formula is C21H20O5. The van der Waals surface area contributed by atoms with Crippen LogP contribution in [0.5, 0.6) is 0 Å².